The molecule has 0 aliphatic heterocycles. The van der Waals surface area contributed by atoms with Gasteiger partial charge < -0.3 is 5.32 Å². The van der Waals surface area contributed by atoms with Crippen LogP contribution in [-0.2, 0) is 10.0 Å². The normalized spacial score (nSPS) is 12.9. The Kier molecular flexibility index (Phi) is 4.46. The van der Waals surface area contributed by atoms with Gasteiger partial charge in [0.05, 0.1) is 15.8 Å². The summed E-state index contributed by atoms with van der Waals surface area (Å²) in [6.45, 7) is 3.73. The Morgan fingerprint density at radius 2 is 1.86 bits per heavy atom. The number of rotatable bonds is 4. The van der Waals surface area contributed by atoms with Gasteiger partial charge in [0.25, 0.3) is 5.91 Å². The SMILES string of the molecule is Cc1ccsc1C(=O)NC(C)c1ccc(S(N)(=O)=O)cc1. The second-order valence-electron chi connectivity index (χ2n) is 4.74. The molecule has 1 atom stereocenters. The molecule has 7 heteroatoms. The van der Waals surface area contributed by atoms with Crippen molar-refractivity contribution in [2.75, 3.05) is 0 Å². The molecule has 3 N–H and O–H groups in total. The van der Waals surface area contributed by atoms with Crippen molar-refractivity contribution in [2.45, 2.75) is 24.8 Å². The van der Waals surface area contributed by atoms with Crippen LogP contribution >= 0.6 is 11.3 Å². The van der Waals surface area contributed by atoms with Crippen molar-refractivity contribution in [1.29, 1.82) is 0 Å². The molecule has 2 aromatic rings. The highest BCUT2D eigenvalue weighted by Gasteiger charge is 2.15. The molecule has 21 heavy (non-hydrogen) atoms. The molecule has 0 fully saturated rings. The number of carbonyl (C=O) groups excluding carboxylic acids is 1. The summed E-state index contributed by atoms with van der Waals surface area (Å²) in [5.74, 6) is -0.134. The minimum atomic E-state index is -3.70. The Hall–Kier alpha value is -1.70. The quantitative estimate of drug-likeness (QED) is 0.903. The largest absolute Gasteiger partial charge is 0.345 e. The first-order chi connectivity index (χ1) is 9.79. The number of benzene rings is 1. The average Bonchev–Trinajstić information content (AvgIpc) is 2.84. The number of nitrogens with two attached hydrogens (primary N) is 1. The maximum atomic E-state index is 12.1. The molecule has 0 saturated heterocycles. The van der Waals surface area contributed by atoms with Crippen LogP contribution in [0.4, 0.5) is 0 Å². The van der Waals surface area contributed by atoms with Crippen molar-refractivity contribution in [3.63, 3.8) is 0 Å². The predicted octanol–water partition coefficient (Wildman–Crippen LogP) is 2.19. The summed E-state index contributed by atoms with van der Waals surface area (Å²) in [7, 11) is -3.70. The average molecular weight is 324 g/mol. The molecule has 5 nitrogen and oxygen atoms in total. The number of sulfonamides is 1. The summed E-state index contributed by atoms with van der Waals surface area (Å²) in [5.41, 5.74) is 1.75. The highest BCUT2D eigenvalue weighted by molar-refractivity contribution is 7.89. The van der Waals surface area contributed by atoms with E-state index in [0.29, 0.717) is 4.88 Å². The van der Waals surface area contributed by atoms with E-state index in [1.54, 1.807) is 12.1 Å². The minimum Gasteiger partial charge on any atom is -0.345 e. The van der Waals surface area contributed by atoms with Gasteiger partial charge in [-0.1, -0.05) is 12.1 Å². The van der Waals surface area contributed by atoms with E-state index in [0.717, 1.165) is 11.1 Å². The van der Waals surface area contributed by atoms with E-state index in [2.05, 4.69) is 5.32 Å². The summed E-state index contributed by atoms with van der Waals surface area (Å²) in [6, 6.07) is 7.82. The van der Waals surface area contributed by atoms with E-state index >= 15 is 0 Å². The number of hydrogen-bond donors (Lipinski definition) is 2. The van der Waals surface area contributed by atoms with Crippen molar-refractivity contribution < 1.29 is 13.2 Å². The zero-order chi connectivity index (χ0) is 15.6. The van der Waals surface area contributed by atoms with Crippen LogP contribution in [0.3, 0.4) is 0 Å². The topological polar surface area (TPSA) is 89.3 Å². The van der Waals surface area contributed by atoms with E-state index in [4.69, 9.17) is 5.14 Å². The molecule has 0 radical (unpaired) electrons. The van der Waals surface area contributed by atoms with Crippen molar-refractivity contribution >= 4 is 27.3 Å². The number of thiophene rings is 1. The maximum Gasteiger partial charge on any atom is 0.262 e. The van der Waals surface area contributed by atoms with Crippen molar-refractivity contribution in [3.8, 4) is 0 Å². The zero-order valence-electron chi connectivity index (χ0n) is 11.7. The lowest BCUT2D eigenvalue weighted by atomic mass is 10.1. The first kappa shape index (κ1) is 15.7. The Balaban J connectivity index is 2.12. The maximum absolute atomic E-state index is 12.1. The Labute approximate surface area is 127 Å². The van der Waals surface area contributed by atoms with Crippen LogP contribution in [0.25, 0.3) is 0 Å². The lowest BCUT2D eigenvalue weighted by Gasteiger charge is -2.14. The molecule has 1 heterocycles. The molecular formula is C14H16N2O3S2. The smallest absolute Gasteiger partial charge is 0.262 e. The standard InChI is InChI=1S/C14H16N2O3S2/c1-9-7-8-20-13(9)14(17)16-10(2)11-3-5-12(6-4-11)21(15,18)19/h3-8,10H,1-2H3,(H,16,17)(H2,15,18,19). The molecule has 0 bridgehead atoms. The van der Waals surface area contributed by atoms with Crippen LogP contribution in [0.1, 0.15) is 33.8 Å². The first-order valence-corrected chi connectivity index (χ1v) is 8.69. The molecule has 0 spiro atoms. The summed E-state index contributed by atoms with van der Waals surface area (Å²) in [4.78, 5) is 12.9. The van der Waals surface area contributed by atoms with Gasteiger partial charge in [0.2, 0.25) is 10.0 Å². The van der Waals surface area contributed by atoms with Crippen LogP contribution in [0.2, 0.25) is 0 Å². The van der Waals surface area contributed by atoms with Gasteiger partial charge in [0, 0.05) is 0 Å². The van der Waals surface area contributed by atoms with Crippen molar-refractivity contribution in [2.24, 2.45) is 5.14 Å². The van der Waals surface area contributed by atoms with Crippen molar-refractivity contribution in [3.05, 3.63) is 51.7 Å². The molecule has 1 amide bonds. The van der Waals surface area contributed by atoms with E-state index in [9.17, 15) is 13.2 Å². The predicted molar refractivity (Wildman–Crippen MR) is 82.8 cm³/mol. The fraction of sp³-hybridized carbons (Fsp3) is 0.214. The molecule has 0 saturated carbocycles. The van der Waals surface area contributed by atoms with Gasteiger partial charge in [0.15, 0.2) is 0 Å². The second-order valence-corrected chi connectivity index (χ2v) is 7.22. The number of hydrogen-bond acceptors (Lipinski definition) is 4. The van der Waals surface area contributed by atoms with Gasteiger partial charge in [0.1, 0.15) is 0 Å². The molecule has 112 valence electrons. The second kappa shape index (κ2) is 5.97. The molecule has 0 aliphatic rings. The van der Waals surface area contributed by atoms with Gasteiger partial charge in [-0.15, -0.1) is 11.3 Å². The van der Waals surface area contributed by atoms with Gasteiger partial charge in [-0.25, -0.2) is 13.6 Å². The summed E-state index contributed by atoms with van der Waals surface area (Å²) < 4.78 is 22.4. The molecule has 1 aromatic carbocycles. The number of nitrogens with one attached hydrogen (secondary N) is 1. The van der Waals surface area contributed by atoms with Crippen LogP contribution < -0.4 is 10.5 Å². The highest BCUT2D eigenvalue weighted by atomic mass is 32.2. The summed E-state index contributed by atoms with van der Waals surface area (Å²) in [5, 5.41) is 9.81. The van der Waals surface area contributed by atoms with E-state index in [1.165, 1.54) is 23.5 Å². The fourth-order valence-electron chi connectivity index (χ4n) is 1.90. The number of aryl methyl sites for hydroxylation is 1. The first-order valence-electron chi connectivity index (χ1n) is 6.27. The molecule has 2 rings (SSSR count). The highest BCUT2D eigenvalue weighted by Crippen LogP contribution is 2.19. The van der Waals surface area contributed by atoms with Crippen molar-refractivity contribution in [1.82, 2.24) is 5.32 Å². The van der Waals surface area contributed by atoms with Gasteiger partial charge in [-0.3, -0.25) is 4.79 Å². The third-order valence-corrected chi connectivity index (χ3v) is 5.07. The fourth-order valence-corrected chi connectivity index (χ4v) is 3.24. The number of carbonyl (C=O) groups is 1. The zero-order valence-corrected chi connectivity index (χ0v) is 13.3. The monoisotopic (exact) mass is 324 g/mol. The number of primary sulfonamides is 1. The third-order valence-electron chi connectivity index (χ3n) is 3.12. The van der Waals surface area contributed by atoms with Crippen LogP contribution in [0.15, 0.2) is 40.6 Å². The molecule has 0 aliphatic carbocycles. The molecule has 1 aromatic heterocycles. The third kappa shape index (κ3) is 3.69. The van der Waals surface area contributed by atoms with E-state index in [-0.39, 0.29) is 16.8 Å². The number of amides is 1. The van der Waals surface area contributed by atoms with Gasteiger partial charge >= 0.3 is 0 Å². The molecular weight excluding hydrogens is 308 g/mol. The summed E-state index contributed by atoms with van der Waals surface area (Å²) in [6.07, 6.45) is 0. The Bertz CT molecular complexity index is 749. The van der Waals surface area contributed by atoms with E-state index in [1.807, 2.05) is 25.3 Å². The minimum absolute atomic E-state index is 0.0545. The van der Waals surface area contributed by atoms with Crippen LogP contribution in [0, 0.1) is 6.92 Å². The van der Waals surface area contributed by atoms with Gasteiger partial charge in [-0.2, -0.15) is 0 Å². The van der Waals surface area contributed by atoms with E-state index < -0.39 is 10.0 Å². The van der Waals surface area contributed by atoms with Crippen LogP contribution in [0.5, 0.6) is 0 Å². The molecule has 1 unspecified atom stereocenters. The Morgan fingerprint density at radius 3 is 2.33 bits per heavy atom. The summed E-state index contributed by atoms with van der Waals surface area (Å²) >= 11 is 1.39. The van der Waals surface area contributed by atoms with Gasteiger partial charge in [-0.05, 0) is 48.6 Å². The van der Waals surface area contributed by atoms with Crippen LogP contribution in [-0.4, -0.2) is 14.3 Å². The lowest BCUT2D eigenvalue weighted by Crippen LogP contribution is -2.26. The Morgan fingerprint density at radius 1 is 1.24 bits per heavy atom. The lowest BCUT2D eigenvalue weighted by molar-refractivity contribution is 0.0943.